The van der Waals surface area contributed by atoms with E-state index in [4.69, 9.17) is 5.11 Å². The highest BCUT2D eigenvalue weighted by molar-refractivity contribution is 9.11. The topological polar surface area (TPSA) is 96.4 Å². The van der Waals surface area contributed by atoms with Crippen LogP contribution in [0.15, 0.2) is 38.5 Å². The molecule has 0 saturated carbocycles. The van der Waals surface area contributed by atoms with Crippen LogP contribution in [-0.4, -0.2) is 24.5 Å². The van der Waals surface area contributed by atoms with Gasteiger partial charge in [0, 0.05) is 0 Å². The van der Waals surface area contributed by atoms with E-state index in [1.807, 2.05) is 0 Å². The van der Waals surface area contributed by atoms with E-state index in [0.29, 0.717) is 3.79 Å². The molecule has 0 bridgehead atoms. The number of nitrogens with one attached hydrogen (secondary N) is 1. The van der Waals surface area contributed by atoms with Crippen molar-refractivity contribution in [2.75, 3.05) is 4.72 Å². The molecule has 19 heavy (non-hydrogen) atoms. The maximum Gasteiger partial charge on any atom is 0.354 e. The second-order valence-corrected chi connectivity index (χ2v) is 7.77. The maximum atomic E-state index is 12.0. The molecule has 0 amide bonds. The molecule has 0 fully saturated rings. The van der Waals surface area contributed by atoms with Crippen LogP contribution in [0.2, 0.25) is 0 Å². The van der Waals surface area contributed by atoms with Crippen molar-refractivity contribution in [2.45, 2.75) is 4.21 Å². The van der Waals surface area contributed by atoms with Crippen LogP contribution in [-0.2, 0) is 10.0 Å². The number of carbonyl (C=O) groups is 1. The molecule has 0 aliphatic heterocycles. The highest BCUT2D eigenvalue weighted by Gasteiger charge is 2.17. The lowest BCUT2D eigenvalue weighted by molar-refractivity contribution is 0.0690. The summed E-state index contributed by atoms with van der Waals surface area (Å²) in [7, 11) is -3.67. The van der Waals surface area contributed by atoms with Crippen LogP contribution in [0.4, 0.5) is 5.69 Å². The molecule has 2 rings (SSSR count). The van der Waals surface area contributed by atoms with E-state index in [-0.39, 0.29) is 15.6 Å². The summed E-state index contributed by atoms with van der Waals surface area (Å²) in [6.45, 7) is 0. The number of carboxylic acid groups (broad SMARTS) is 1. The van der Waals surface area contributed by atoms with Gasteiger partial charge in [-0.1, -0.05) is 0 Å². The van der Waals surface area contributed by atoms with Crippen LogP contribution < -0.4 is 4.72 Å². The smallest absolute Gasteiger partial charge is 0.354 e. The third-order valence-electron chi connectivity index (χ3n) is 2.05. The molecule has 2 N–H and O–H groups in total. The van der Waals surface area contributed by atoms with Gasteiger partial charge in [-0.05, 0) is 40.2 Å². The zero-order chi connectivity index (χ0) is 14.0. The number of halogens is 1. The second kappa shape index (κ2) is 5.27. The summed E-state index contributed by atoms with van der Waals surface area (Å²) < 4.78 is 27.1. The minimum atomic E-state index is -3.67. The number of rotatable bonds is 4. The number of hydrogen-bond donors (Lipinski definition) is 2. The summed E-state index contributed by atoms with van der Waals surface area (Å²) in [6.07, 6.45) is 1.16. The Hall–Kier alpha value is -1.45. The van der Waals surface area contributed by atoms with Crippen molar-refractivity contribution in [3.63, 3.8) is 0 Å². The first-order chi connectivity index (χ1) is 8.88. The molecule has 2 heterocycles. The first-order valence-electron chi connectivity index (χ1n) is 4.86. The second-order valence-electron chi connectivity index (χ2n) is 3.40. The summed E-state index contributed by atoms with van der Waals surface area (Å²) >= 11 is 4.26. The van der Waals surface area contributed by atoms with Gasteiger partial charge in [0.1, 0.15) is 9.90 Å². The van der Waals surface area contributed by atoms with Crippen LogP contribution in [0.25, 0.3) is 0 Å². The van der Waals surface area contributed by atoms with Crippen molar-refractivity contribution in [2.24, 2.45) is 0 Å². The average Bonchev–Trinajstić information content (AvgIpc) is 2.77. The SMILES string of the molecule is O=C(O)c1ccc(NS(=O)(=O)c2ccc(Br)s2)cn1. The van der Waals surface area contributed by atoms with Gasteiger partial charge in [-0.3, -0.25) is 4.72 Å². The van der Waals surface area contributed by atoms with Gasteiger partial charge in [-0.25, -0.2) is 18.2 Å². The molecule has 100 valence electrons. The summed E-state index contributed by atoms with van der Waals surface area (Å²) in [5.74, 6) is -1.17. The van der Waals surface area contributed by atoms with Crippen LogP contribution in [0.5, 0.6) is 0 Å². The van der Waals surface area contributed by atoms with Gasteiger partial charge in [-0.2, -0.15) is 0 Å². The predicted octanol–water partition coefficient (Wildman–Crippen LogP) is 2.40. The normalized spacial score (nSPS) is 11.2. The van der Waals surface area contributed by atoms with E-state index in [1.165, 1.54) is 18.2 Å². The number of nitrogens with zero attached hydrogens (tertiary/aromatic N) is 1. The quantitative estimate of drug-likeness (QED) is 0.870. The Kier molecular flexibility index (Phi) is 3.88. The molecule has 0 atom stereocenters. The zero-order valence-corrected chi connectivity index (χ0v) is 12.4. The van der Waals surface area contributed by atoms with Crippen molar-refractivity contribution in [3.05, 3.63) is 39.9 Å². The number of hydrogen-bond acceptors (Lipinski definition) is 5. The van der Waals surface area contributed by atoms with Gasteiger partial charge in [0.05, 0.1) is 15.7 Å². The fourth-order valence-corrected chi connectivity index (χ4v) is 4.28. The Morgan fingerprint density at radius 3 is 2.53 bits per heavy atom. The summed E-state index contributed by atoms with van der Waals surface area (Å²) in [4.78, 5) is 14.2. The molecule has 0 unspecified atom stereocenters. The lowest BCUT2D eigenvalue weighted by Gasteiger charge is -2.05. The summed E-state index contributed by atoms with van der Waals surface area (Å²) in [5, 5.41) is 8.68. The van der Waals surface area contributed by atoms with E-state index in [2.05, 4.69) is 25.6 Å². The molecule has 0 radical (unpaired) electrons. The number of aromatic carboxylic acids is 1. The Labute approximate surface area is 121 Å². The minimum absolute atomic E-state index is 0.151. The molecule has 9 heteroatoms. The monoisotopic (exact) mass is 362 g/mol. The standard InChI is InChI=1S/C10H7BrN2O4S2/c11-8-3-4-9(18-8)19(16,17)13-6-1-2-7(10(14)15)12-5-6/h1-5,13H,(H,14,15). The van der Waals surface area contributed by atoms with Gasteiger partial charge in [0.25, 0.3) is 10.0 Å². The number of pyridine rings is 1. The van der Waals surface area contributed by atoms with Gasteiger partial charge < -0.3 is 5.11 Å². The van der Waals surface area contributed by atoms with Crippen molar-refractivity contribution >= 4 is 48.9 Å². The lowest BCUT2D eigenvalue weighted by Crippen LogP contribution is -2.12. The van der Waals surface area contributed by atoms with Crippen molar-refractivity contribution in [1.82, 2.24) is 4.98 Å². The van der Waals surface area contributed by atoms with Crippen LogP contribution in [0.1, 0.15) is 10.5 Å². The van der Waals surface area contributed by atoms with Gasteiger partial charge in [0.2, 0.25) is 0 Å². The number of thiophene rings is 1. The van der Waals surface area contributed by atoms with Gasteiger partial charge >= 0.3 is 5.97 Å². The molecular weight excluding hydrogens is 356 g/mol. The van der Waals surface area contributed by atoms with E-state index < -0.39 is 16.0 Å². The molecule has 0 saturated heterocycles. The van der Waals surface area contributed by atoms with Crippen molar-refractivity contribution in [1.29, 1.82) is 0 Å². The molecule has 0 aromatic carbocycles. The number of carboxylic acids is 1. The van der Waals surface area contributed by atoms with E-state index in [9.17, 15) is 13.2 Å². The first-order valence-corrected chi connectivity index (χ1v) is 7.95. The van der Waals surface area contributed by atoms with Crippen LogP contribution in [0.3, 0.4) is 0 Å². The van der Waals surface area contributed by atoms with Crippen molar-refractivity contribution in [3.8, 4) is 0 Å². The van der Waals surface area contributed by atoms with Crippen LogP contribution in [0, 0.1) is 0 Å². The minimum Gasteiger partial charge on any atom is -0.477 e. The zero-order valence-electron chi connectivity index (χ0n) is 9.20. The largest absolute Gasteiger partial charge is 0.477 e. The van der Waals surface area contributed by atoms with Gasteiger partial charge in [0.15, 0.2) is 0 Å². The summed E-state index contributed by atoms with van der Waals surface area (Å²) in [5.41, 5.74) is 0.0522. The van der Waals surface area contributed by atoms with E-state index in [1.54, 1.807) is 6.07 Å². The summed E-state index contributed by atoms with van der Waals surface area (Å²) in [6, 6.07) is 5.67. The maximum absolute atomic E-state index is 12.0. The number of sulfonamides is 1. The van der Waals surface area contributed by atoms with E-state index in [0.717, 1.165) is 17.5 Å². The Balaban J connectivity index is 2.23. The molecule has 2 aromatic rings. The third kappa shape index (κ3) is 3.31. The number of anilines is 1. The highest BCUT2D eigenvalue weighted by atomic mass is 79.9. The van der Waals surface area contributed by atoms with E-state index >= 15 is 0 Å². The van der Waals surface area contributed by atoms with Crippen LogP contribution >= 0.6 is 27.3 Å². The molecule has 2 aromatic heterocycles. The highest BCUT2D eigenvalue weighted by Crippen LogP contribution is 2.27. The van der Waals surface area contributed by atoms with Gasteiger partial charge in [-0.15, -0.1) is 11.3 Å². The third-order valence-corrected chi connectivity index (χ3v) is 5.54. The Morgan fingerprint density at radius 2 is 2.05 bits per heavy atom. The molecule has 0 spiro atoms. The molecule has 0 aliphatic carbocycles. The molecule has 0 aliphatic rings. The average molecular weight is 363 g/mol. The lowest BCUT2D eigenvalue weighted by atomic mass is 10.3. The Bertz CT molecular complexity index is 709. The number of aromatic nitrogens is 1. The molecular formula is C10H7BrN2O4S2. The fraction of sp³-hybridized carbons (Fsp3) is 0. The molecule has 6 nitrogen and oxygen atoms in total. The Morgan fingerprint density at radius 1 is 1.32 bits per heavy atom. The fourth-order valence-electron chi connectivity index (χ4n) is 1.23. The van der Waals surface area contributed by atoms with Crippen molar-refractivity contribution < 1.29 is 18.3 Å². The predicted molar refractivity (Wildman–Crippen MR) is 74.0 cm³/mol. The first kappa shape index (κ1) is 14.0.